The summed E-state index contributed by atoms with van der Waals surface area (Å²) < 4.78 is 10.0. The van der Waals surface area contributed by atoms with E-state index in [4.69, 9.17) is 14.6 Å². The molecule has 0 amide bonds. The average Bonchev–Trinajstić information content (AvgIpc) is 2.10. The summed E-state index contributed by atoms with van der Waals surface area (Å²) in [5, 5.41) is 8.92. The van der Waals surface area contributed by atoms with Gasteiger partial charge in [-0.1, -0.05) is 6.58 Å². The van der Waals surface area contributed by atoms with Crippen LogP contribution in [0.5, 0.6) is 0 Å². The number of aliphatic hydroxyl groups is 1. The minimum absolute atomic E-state index is 0.179. The third-order valence-electron chi connectivity index (χ3n) is 1.42. The van der Waals surface area contributed by atoms with Gasteiger partial charge in [0.15, 0.2) is 0 Å². The Morgan fingerprint density at radius 1 is 1.43 bits per heavy atom. The van der Waals surface area contributed by atoms with E-state index in [1.807, 2.05) is 0 Å². The van der Waals surface area contributed by atoms with Crippen molar-refractivity contribution in [1.82, 2.24) is 0 Å². The van der Waals surface area contributed by atoms with Gasteiger partial charge in [-0.25, -0.2) is 4.79 Å². The normalized spacial score (nSPS) is 14.6. The van der Waals surface area contributed by atoms with Crippen LogP contribution in [-0.2, 0) is 14.3 Å². The van der Waals surface area contributed by atoms with Crippen molar-refractivity contribution in [3.05, 3.63) is 12.2 Å². The first kappa shape index (κ1) is 13.1. The lowest BCUT2D eigenvalue weighted by Crippen LogP contribution is -2.23. The van der Waals surface area contributed by atoms with Gasteiger partial charge in [0.25, 0.3) is 0 Å². The molecule has 82 valence electrons. The SMILES string of the molecule is C=C(C)C(=O)OCC(C)OCC(C)O. The maximum Gasteiger partial charge on any atom is 0.333 e. The maximum atomic E-state index is 11.0. The molecular formula is C10H18O4. The number of rotatable bonds is 6. The van der Waals surface area contributed by atoms with Gasteiger partial charge >= 0.3 is 5.97 Å². The van der Waals surface area contributed by atoms with Gasteiger partial charge in [0, 0.05) is 5.57 Å². The highest BCUT2D eigenvalue weighted by molar-refractivity contribution is 5.86. The fourth-order valence-electron chi connectivity index (χ4n) is 0.668. The van der Waals surface area contributed by atoms with Gasteiger partial charge in [0.1, 0.15) is 6.61 Å². The number of carbonyl (C=O) groups excluding carboxylic acids is 1. The molecule has 2 unspecified atom stereocenters. The Morgan fingerprint density at radius 2 is 2.00 bits per heavy atom. The Morgan fingerprint density at radius 3 is 2.43 bits per heavy atom. The molecule has 0 saturated heterocycles. The molecule has 0 radical (unpaired) electrons. The number of aliphatic hydroxyl groups excluding tert-OH is 1. The predicted octanol–water partition coefficient (Wildman–Crippen LogP) is 0.892. The Kier molecular flexibility index (Phi) is 6.16. The van der Waals surface area contributed by atoms with Crippen LogP contribution in [0.25, 0.3) is 0 Å². The minimum atomic E-state index is -0.505. The first-order valence-electron chi connectivity index (χ1n) is 4.55. The van der Waals surface area contributed by atoms with Crippen molar-refractivity contribution >= 4 is 5.97 Å². The van der Waals surface area contributed by atoms with Crippen LogP contribution < -0.4 is 0 Å². The van der Waals surface area contributed by atoms with Crippen LogP contribution in [0.1, 0.15) is 20.8 Å². The van der Waals surface area contributed by atoms with Crippen molar-refractivity contribution in [1.29, 1.82) is 0 Å². The van der Waals surface area contributed by atoms with Crippen LogP contribution in [-0.4, -0.2) is 36.5 Å². The molecule has 1 N–H and O–H groups in total. The molecule has 0 aliphatic rings. The lowest BCUT2D eigenvalue weighted by molar-refractivity contribution is -0.143. The first-order chi connectivity index (χ1) is 6.43. The molecule has 4 nitrogen and oxygen atoms in total. The molecule has 0 heterocycles. The quantitative estimate of drug-likeness (QED) is 0.513. The number of hydrogen-bond donors (Lipinski definition) is 1. The summed E-state index contributed by atoms with van der Waals surface area (Å²) >= 11 is 0. The second kappa shape index (κ2) is 6.56. The number of ether oxygens (including phenoxy) is 2. The number of esters is 1. The molecule has 0 aromatic heterocycles. The number of hydrogen-bond acceptors (Lipinski definition) is 4. The molecule has 0 aromatic carbocycles. The fraction of sp³-hybridized carbons (Fsp3) is 0.700. The summed E-state index contributed by atoms with van der Waals surface area (Å²) in [5.41, 5.74) is 0.368. The molecule has 0 rings (SSSR count). The van der Waals surface area contributed by atoms with Crippen LogP contribution in [0, 0.1) is 0 Å². The molecule has 0 aromatic rings. The van der Waals surface area contributed by atoms with Crippen molar-refractivity contribution in [3.8, 4) is 0 Å². The zero-order chi connectivity index (χ0) is 11.1. The lowest BCUT2D eigenvalue weighted by atomic mass is 10.3. The summed E-state index contributed by atoms with van der Waals surface area (Å²) in [4.78, 5) is 11.0. The molecule has 14 heavy (non-hydrogen) atoms. The second-order valence-electron chi connectivity index (χ2n) is 3.37. The summed E-state index contributed by atoms with van der Waals surface area (Å²) in [6.45, 7) is 8.86. The molecule has 0 bridgehead atoms. The molecule has 0 spiro atoms. The van der Waals surface area contributed by atoms with Crippen LogP contribution in [0.2, 0.25) is 0 Å². The van der Waals surface area contributed by atoms with Gasteiger partial charge in [-0.3, -0.25) is 0 Å². The highest BCUT2D eigenvalue weighted by Gasteiger charge is 2.08. The van der Waals surface area contributed by atoms with Crippen molar-refractivity contribution < 1.29 is 19.4 Å². The maximum absolute atomic E-state index is 11.0. The van der Waals surface area contributed by atoms with Crippen LogP contribution in [0.15, 0.2) is 12.2 Å². The molecule has 0 aliphatic heterocycles. The summed E-state index contributed by atoms with van der Waals surface area (Å²) in [6.07, 6.45) is -0.720. The highest BCUT2D eigenvalue weighted by Crippen LogP contribution is 1.97. The molecule has 4 heteroatoms. The summed E-state index contributed by atoms with van der Waals surface area (Å²) in [5.74, 6) is -0.419. The van der Waals surface area contributed by atoms with E-state index in [-0.39, 0.29) is 19.3 Å². The Labute approximate surface area is 84.5 Å². The molecule has 0 aliphatic carbocycles. The Balaban J connectivity index is 3.58. The van der Waals surface area contributed by atoms with E-state index in [0.717, 1.165) is 0 Å². The zero-order valence-corrected chi connectivity index (χ0v) is 8.95. The second-order valence-corrected chi connectivity index (χ2v) is 3.37. The van der Waals surface area contributed by atoms with Crippen LogP contribution in [0.4, 0.5) is 0 Å². The van der Waals surface area contributed by atoms with E-state index >= 15 is 0 Å². The van der Waals surface area contributed by atoms with Gasteiger partial charge in [-0.05, 0) is 20.8 Å². The topological polar surface area (TPSA) is 55.8 Å². The molecular weight excluding hydrogens is 184 g/mol. The van der Waals surface area contributed by atoms with Gasteiger partial charge in [-0.15, -0.1) is 0 Å². The molecule has 0 saturated carbocycles. The van der Waals surface area contributed by atoms with Crippen molar-refractivity contribution in [2.45, 2.75) is 33.0 Å². The van der Waals surface area contributed by atoms with E-state index in [1.165, 1.54) is 0 Å². The van der Waals surface area contributed by atoms with Crippen molar-refractivity contribution in [3.63, 3.8) is 0 Å². The van der Waals surface area contributed by atoms with E-state index in [0.29, 0.717) is 5.57 Å². The first-order valence-corrected chi connectivity index (χ1v) is 4.55. The molecule has 2 atom stereocenters. The molecule has 0 fully saturated rings. The third-order valence-corrected chi connectivity index (χ3v) is 1.42. The van der Waals surface area contributed by atoms with E-state index < -0.39 is 12.1 Å². The van der Waals surface area contributed by atoms with Gasteiger partial charge in [0.05, 0.1) is 18.8 Å². The van der Waals surface area contributed by atoms with Crippen molar-refractivity contribution in [2.75, 3.05) is 13.2 Å². The van der Waals surface area contributed by atoms with Gasteiger partial charge in [0.2, 0.25) is 0 Å². The Bertz CT molecular complexity index is 198. The van der Waals surface area contributed by atoms with Gasteiger partial charge in [-0.2, -0.15) is 0 Å². The van der Waals surface area contributed by atoms with Crippen molar-refractivity contribution in [2.24, 2.45) is 0 Å². The van der Waals surface area contributed by atoms with Crippen LogP contribution in [0.3, 0.4) is 0 Å². The van der Waals surface area contributed by atoms with E-state index in [1.54, 1.807) is 20.8 Å². The fourth-order valence-corrected chi connectivity index (χ4v) is 0.668. The average molecular weight is 202 g/mol. The minimum Gasteiger partial charge on any atom is -0.460 e. The van der Waals surface area contributed by atoms with E-state index in [2.05, 4.69) is 6.58 Å². The largest absolute Gasteiger partial charge is 0.460 e. The number of carbonyl (C=O) groups is 1. The third kappa shape index (κ3) is 6.62. The summed E-state index contributed by atoms with van der Waals surface area (Å²) in [6, 6.07) is 0. The van der Waals surface area contributed by atoms with Gasteiger partial charge < -0.3 is 14.6 Å². The highest BCUT2D eigenvalue weighted by atomic mass is 16.6. The Hall–Kier alpha value is -0.870. The zero-order valence-electron chi connectivity index (χ0n) is 8.95. The van der Waals surface area contributed by atoms with E-state index in [9.17, 15) is 4.79 Å². The smallest absolute Gasteiger partial charge is 0.333 e. The summed E-state index contributed by atoms with van der Waals surface area (Å²) in [7, 11) is 0. The lowest BCUT2D eigenvalue weighted by Gasteiger charge is -2.14. The monoisotopic (exact) mass is 202 g/mol. The predicted molar refractivity (Wildman–Crippen MR) is 52.9 cm³/mol. The van der Waals surface area contributed by atoms with Crippen LogP contribution >= 0.6 is 0 Å². The standard InChI is InChI=1S/C10H18O4/c1-7(2)10(12)14-6-9(4)13-5-8(3)11/h8-9,11H,1,5-6H2,2-4H3.